The minimum Gasteiger partial charge on any atom is -0.481 e. The summed E-state index contributed by atoms with van der Waals surface area (Å²) in [5, 5.41) is 11.3. The lowest BCUT2D eigenvalue weighted by molar-refractivity contribution is -0.137. The van der Waals surface area contributed by atoms with E-state index in [0.29, 0.717) is 6.54 Å². The molecule has 5 heteroatoms. The molecule has 0 aromatic carbocycles. The van der Waals surface area contributed by atoms with E-state index in [2.05, 4.69) is 5.32 Å². The van der Waals surface area contributed by atoms with Crippen LogP contribution in [0.5, 0.6) is 0 Å². The molecule has 1 aliphatic heterocycles. The molecule has 1 atom stereocenters. The molecular formula is C10H18N2O3. The summed E-state index contributed by atoms with van der Waals surface area (Å²) >= 11 is 0. The molecule has 1 saturated heterocycles. The topological polar surface area (TPSA) is 69.6 Å². The highest BCUT2D eigenvalue weighted by molar-refractivity contribution is 5.74. The zero-order chi connectivity index (χ0) is 11.3. The predicted octanol–water partition coefficient (Wildman–Crippen LogP) is 0.903. The van der Waals surface area contributed by atoms with Crippen molar-refractivity contribution in [3.63, 3.8) is 0 Å². The van der Waals surface area contributed by atoms with Crippen molar-refractivity contribution in [3.8, 4) is 0 Å². The van der Waals surface area contributed by atoms with Crippen LogP contribution in [0.4, 0.5) is 4.79 Å². The third kappa shape index (κ3) is 4.18. The average Bonchev–Trinajstić information content (AvgIpc) is 2.65. The molecule has 2 amide bonds. The summed E-state index contributed by atoms with van der Waals surface area (Å²) in [5.74, 6) is -0.841. The van der Waals surface area contributed by atoms with Gasteiger partial charge < -0.3 is 15.3 Å². The Hall–Kier alpha value is -1.26. The third-order valence-electron chi connectivity index (χ3n) is 2.52. The number of carboxylic acids is 1. The Morgan fingerprint density at radius 1 is 1.40 bits per heavy atom. The molecule has 1 fully saturated rings. The normalized spacial score (nSPS) is 17.5. The number of carbonyl (C=O) groups is 2. The zero-order valence-corrected chi connectivity index (χ0v) is 9.03. The maximum atomic E-state index is 11.5. The minimum atomic E-state index is -0.821. The molecule has 15 heavy (non-hydrogen) atoms. The highest BCUT2D eigenvalue weighted by Crippen LogP contribution is 2.07. The fourth-order valence-corrected chi connectivity index (χ4v) is 1.66. The summed E-state index contributed by atoms with van der Waals surface area (Å²) < 4.78 is 0. The van der Waals surface area contributed by atoms with E-state index < -0.39 is 5.97 Å². The van der Waals surface area contributed by atoms with Gasteiger partial charge in [-0.3, -0.25) is 4.79 Å². The Bertz CT molecular complexity index is 237. The van der Waals surface area contributed by atoms with Gasteiger partial charge in [0.05, 0.1) is 0 Å². The van der Waals surface area contributed by atoms with E-state index in [1.807, 2.05) is 6.92 Å². The van der Waals surface area contributed by atoms with Crippen molar-refractivity contribution in [1.29, 1.82) is 0 Å². The van der Waals surface area contributed by atoms with Gasteiger partial charge in [0.15, 0.2) is 0 Å². The molecule has 0 saturated carbocycles. The number of hydrogen-bond donors (Lipinski definition) is 2. The third-order valence-corrected chi connectivity index (χ3v) is 2.52. The summed E-state index contributed by atoms with van der Waals surface area (Å²) in [5.41, 5.74) is 0. The summed E-state index contributed by atoms with van der Waals surface area (Å²) in [4.78, 5) is 23.7. The Labute approximate surface area is 89.4 Å². The lowest BCUT2D eigenvalue weighted by Gasteiger charge is -2.17. The molecule has 0 aromatic rings. The standard InChI is InChI=1S/C10H18N2O3/c1-8(6-9(13)14)7-11-10(15)12-4-2-3-5-12/h8H,2-7H2,1H3,(H,11,15)(H,13,14). The van der Waals surface area contributed by atoms with E-state index in [4.69, 9.17) is 5.11 Å². The van der Waals surface area contributed by atoms with Crippen LogP contribution in [0, 0.1) is 5.92 Å². The van der Waals surface area contributed by atoms with Crippen molar-refractivity contribution < 1.29 is 14.7 Å². The quantitative estimate of drug-likeness (QED) is 0.730. The van der Waals surface area contributed by atoms with Gasteiger partial charge in [0.1, 0.15) is 0 Å². The first kappa shape index (κ1) is 11.8. The van der Waals surface area contributed by atoms with Gasteiger partial charge in [-0.2, -0.15) is 0 Å². The molecule has 0 spiro atoms. The number of carbonyl (C=O) groups excluding carboxylic acids is 1. The molecule has 5 nitrogen and oxygen atoms in total. The van der Waals surface area contributed by atoms with Gasteiger partial charge in [-0.15, -0.1) is 0 Å². The van der Waals surface area contributed by atoms with Gasteiger partial charge in [0.25, 0.3) is 0 Å². The number of amides is 2. The van der Waals surface area contributed by atoms with E-state index in [-0.39, 0.29) is 18.4 Å². The molecule has 0 bridgehead atoms. The molecule has 1 aliphatic rings. The molecule has 0 aromatic heterocycles. The van der Waals surface area contributed by atoms with Crippen LogP contribution in [0.15, 0.2) is 0 Å². The van der Waals surface area contributed by atoms with Gasteiger partial charge in [-0.25, -0.2) is 4.79 Å². The van der Waals surface area contributed by atoms with Crippen LogP contribution in [0.2, 0.25) is 0 Å². The Balaban J connectivity index is 2.18. The Morgan fingerprint density at radius 3 is 2.53 bits per heavy atom. The Kier molecular flexibility index (Phi) is 4.39. The second-order valence-corrected chi connectivity index (χ2v) is 4.08. The van der Waals surface area contributed by atoms with E-state index >= 15 is 0 Å². The molecule has 1 rings (SSSR count). The van der Waals surface area contributed by atoms with Crippen molar-refractivity contribution in [2.75, 3.05) is 19.6 Å². The average molecular weight is 214 g/mol. The number of likely N-dealkylation sites (tertiary alicyclic amines) is 1. The Morgan fingerprint density at radius 2 is 2.00 bits per heavy atom. The van der Waals surface area contributed by atoms with Crippen LogP contribution < -0.4 is 5.32 Å². The van der Waals surface area contributed by atoms with Crippen molar-refractivity contribution in [2.45, 2.75) is 26.2 Å². The molecular weight excluding hydrogens is 196 g/mol. The van der Waals surface area contributed by atoms with E-state index in [1.165, 1.54) is 0 Å². The fraction of sp³-hybridized carbons (Fsp3) is 0.800. The first-order valence-corrected chi connectivity index (χ1v) is 5.34. The second-order valence-electron chi connectivity index (χ2n) is 4.08. The molecule has 0 radical (unpaired) electrons. The number of urea groups is 1. The number of rotatable bonds is 4. The van der Waals surface area contributed by atoms with Gasteiger partial charge in [0, 0.05) is 26.1 Å². The SMILES string of the molecule is CC(CNC(=O)N1CCCC1)CC(=O)O. The zero-order valence-electron chi connectivity index (χ0n) is 9.03. The first-order valence-electron chi connectivity index (χ1n) is 5.34. The van der Waals surface area contributed by atoms with Crippen molar-refractivity contribution in [2.24, 2.45) is 5.92 Å². The monoisotopic (exact) mass is 214 g/mol. The van der Waals surface area contributed by atoms with Gasteiger partial charge in [-0.05, 0) is 18.8 Å². The summed E-state index contributed by atoms with van der Waals surface area (Å²) in [7, 11) is 0. The largest absolute Gasteiger partial charge is 0.481 e. The predicted molar refractivity (Wildman–Crippen MR) is 55.6 cm³/mol. The van der Waals surface area contributed by atoms with Crippen LogP contribution in [-0.4, -0.2) is 41.6 Å². The van der Waals surface area contributed by atoms with Crippen LogP contribution in [0.1, 0.15) is 26.2 Å². The van der Waals surface area contributed by atoms with Gasteiger partial charge in [0.2, 0.25) is 0 Å². The van der Waals surface area contributed by atoms with Crippen LogP contribution in [0.3, 0.4) is 0 Å². The molecule has 86 valence electrons. The van der Waals surface area contributed by atoms with E-state index in [9.17, 15) is 9.59 Å². The van der Waals surface area contributed by atoms with Crippen molar-refractivity contribution in [3.05, 3.63) is 0 Å². The minimum absolute atomic E-state index is 0.0194. The van der Waals surface area contributed by atoms with Gasteiger partial charge in [-0.1, -0.05) is 6.92 Å². The summed E-state index contributed by atoms with van der Waals surface area (Å²) in [6.45, 7) is 3.89. The fourth-order valence-electron chi connectivity index (χ4n) is 1.66. The number of aliphatic carboxylic acids is 1. The number of hydrogen-bond acceptors (Lipinski definition) is 2. The lowest BCUT2D eigenvalue weighted by Crippen LogP contribution is -2.40. The van der Waals surface area contributed by atoms with Crippen LogP contribution in [-0.2, 0) is 4.79 Å². The maximum absolute atomic E-state index is 11.5. The molecule has 0 aliphatic carbocycles. The second kappa shape index (κ2) is 5.58. The van der Waals surface area contributed by atoms with Crippen molar-refractivity contribution in [1.82, 2.24) is 10.2 Å². The maximum Gasteiger partial charge on any atom is 0.317 e. The van der Waals surface area contributed by atoms with E-state index in [1.54, 1.807) is 4.90 Å². The smallest absolute Gasteiger partial charge is 0.317 e. The molecule has 1 heterocycles. The van der Waals surface area contributed by atoms with E-state index in [0.717, 1.165) is 25.9 Å². The van der Waals surface area contributed by atoms with Crippen LogP contribution >= 0.6 is 0 Å². The van der Waals surface area contributed by atoms with Gasteiger partial charge >= 0.3 is 12.0 Å². The number of carboxylic acid groups (broad SMARTS) is 1. The highest BCUT2D eigenvalue weighted by atomic mass is 16.4. The highest BCUT2D eigenvalue weighted by Gasteiger charge is 2.18. The lowest BCUT2D eigenvalue weighted by atomic mass is 10.1. The summed E-state index contributed by atoms with van der Waals surface area (Å²) in [6.07, 6.45) is 2.23. The number of nitrogens with one attached hydrogen (secondary N) is 1. The number of nitrogens with zero attached hydrogens (tertiary/aromatic N) is 1. The van der Waals surface area contributed by atoms with Crippen LogP contribution in [0.25, 0.3) is 0 Å². The summed E-state index contributed by atoms with van der Waals surface area (Å²) in [6, 6.07) is -0.0651. The molecule has 1 unspecified atom stereocenters. The first-order chi connectivity index (χ1) is 7.09. The molecule has 2 N–H and O–H groups in total. The van der Waals surface area contributed by atoms with Crippen molar-refractivity contribution >= 4 is 12.0 Å².